The van der Waals surface area contributed by atoms with Gasteiger partial charge in [0.2, 0.25) is 0 Å². The monoisotopic (exact) mass is 216 g/mol. The van der Waals surface area contributed by atoms with Crippen molar-refractivity contribution in [2.75, 3.05) is 0 Å². The smallest absolute Gasteiger partial charge is 0.170 e. The van der Waals surface area contributed by atoms with Crippen LogP contribution in [0.3, 0.4) is 0 Å². The van der Waals surface area contributed by atoms with Crippen LogP contribution in [0.4, 0.5) is 26.3 Å². The first-order valence-electron chi connectivity index (χ1n) is 3.73. The van der Waals surface area contributed by atoms with Gasteiger partial charge in [-0.2, -0.15) is 26.3 Å². The molecule has 0 amide bonds. The highest BCUT2D eigenvalue weighted by Gasteiger charge is 2.49. The predicted octanol–water partition coefficient (Wildman–Crippen LogP) is 3.61. The summed E-state index contributed by atoms with van der Waals surface area (Å²) in [4.78, 5) is 0. The number of halogens is 6. The fourth-order valence-corrected chi connectivity index (χ4v) is 1.22. The normalized spacial score (nSPS) is 23.6. The molecule has 1 atom stereocenters. The lowest BCUT2D eigenvalue weighted by Crippen LogP contribution is -2.31. The van der Waals surface area contributed by atoms with Gasteiger partial charge in [-0.25, -0.2) is 0 Å². The number of rotatable bonds is 0. The van der Waals surface area contributed by atoms with E-state index in [0.717, 1.165) is 6.08 Å². The first kappa shape index (κ1) is 11.1. The molecule has 0 heterocycles. The molecule has 0 fully saturated rings. The summed E-state index contributed by atoms with van der Waals surface area (Å²) in [5, 5.41) is 0. The lowest BCUT2D eigenvalue weighted by molar-refractivity contribution is -0.174. The van der Waals surface area contributed by atoms with Crippen LogP contribution < -0.4 is 0 Å². The number of hydrogen-bond donors (Lipinski definition) is 0. The fourth-order valence-electron chi connectivity index (χ4n) is 1.22. The van der Waals surface area contributed by atoms with E-state index in [-0.39, 0.29) is 6.42 Å². The Bertz CT molecular complexity index is 267. The van der Waals surface area contributed by atoms with Crippen molar-refractivity contribution in [3.63, 3.8) is 0 Å². The Labute approximate surface area is 75.9 Å². The largest absolute Gasteiger partial charge is 0.413 e. The van der Waals surface area contributed by atoms with Crippen LogP contribution in [0.25, 0.3) is 0 Å². The van der Waals surface area contributed by atoms with Crippen molar-refractivity contribution in [3.8, 4) is 0 Å². The van der Waals surface area contributed by atoms with Crippen molar-refractivity contribution < 1.29 is 26.3 Å². The summed E-state index contributed by atoms with van der Waals surface area (Å²) in [6.45, 7) is 0. The molecule has 0 aromatic heterocycles. The van der Waals surface area contributed by atoms with Crippen LogP contribution in [0.1, 0.15) is 6.42 Å². The van der Waals surface area contributed by atoms with E-state index in [9.17, 15) is 26.3 Å². The lowest BCUT2D eigenvalue weighted by Gasteiger charge is -2.24. The molecule has 0 radical (unpaired) electrons. The topological polar surface area (TPSA) is 0 Å². The van der Waals surface area contributed by atoms with Gasteiger partial charge in [0.15, 0.2) is 0 Å². The summed E-state index contributed by atoms with van der Waals surface area (Å²) < 4.78 is 72.7. The third-order valence-corrected chi connectivity index (χ3v) is 1.82. The maximum absolute atomic E-state index is 12.1. The SMILES string of the molecule is FC(F)(F)C1=CCC=CC1C(F)(F)F. The van der Waals surface area contributed by atoms with Gasteiger partial charge in [-0.05, 0) is 6.42 Å². The summed E-state index contributed by atoms with van der Waals surface area (Å²) in [7, 11) is 0. The minimum absolute atomic E-state index is 0.110. The van der Waals surface area contributed by atoms with E-state index in [1.54, 1.807) is 0 Å². The summed E-state index contributed by atoms with van der Waals surface area (Å²) in [6, 6.07) is 0. The Kier molecular flexibility index (Phi) is 2.65. The highest BCUT2D eigenvalue weighted by molar-refractivity contribution is 5.25. The number of allylic oxidation sites excluding steroid dienone is 4. The van der Waals surface area contributed by atoms with Crippen molar-refractivity contribution >= 4 is 0 Å². The van der Waals surface area contributed by atoms with E-state index < -0.39 is 23.8 Å². The highest BCUT2D eigenvalue weighted by Crippen LogP contribution is 2.42. The first-order valence-corrected chi connectivity index (χ1v) is 3.73. The van der Waals surface area contributed by atoms with E-state index >= 15 is 0 Å². The second-order valence-corrected chi connectivity index (χ2v) is 2.84. The van der Waals surface area contributed by atoms with Crippen molar-refractivity contribution in [3.05, 3.63) is 23.8 Å². The molecule has 0 spiro atoms. The molecule has 80 valence electrons. The zero-order valence-electron chi connectivity index (χ0n) is 6.78. The highest BCUT2D eigenvalue weighted by atomic mass is 19.4. The van der Waals surface area contributed by atoms with Crippen LogP contribution >= 0.6 is 0 Å². The van der Waals surface area contributed by atoms with Gasteiger partial charge in [-0.15, -0.1) is 0 Å². The van der Waals surface area contributed by atoms with E-state index in [1.165, 1.54) is 0 Å². The summed E-state index contributed by atoms with van der Waals surface area (Å²) in [6.07, 6.45) is -7.71. The minimum Gasteiger partial charge on any atom is -0.170 e. The molecular weight excluding hydrogens is 210 g/mol. The molecule has 0 aromatic carbocycles. The molecule has 0 bridgehead atoms. The van der Waals surface area contributed by atoms with Gasteiger partial charge in [0.25, 0.3) is 0 Å². The minimum atomic E-state index is -4.91. The predicted molar refractivity (Wildman–Crippen MR) is 37.4 cm³/mol. The van der Waals surface area contributed by atoms with Gasteiger partial charge in [-0.3, -0.25) is 0 Å². The van der Waals surface area contributed by atoms with Crippen molar-refractivity contribution in [1.29, 1.82) is 0 Å². The lowest BCUT2D eigenvalue weighted by atomic mass is 9.92. The van der Waals surface area contributed by atoms with Gasteiger partial charge in [-0.1, -0.05) is 18.2 Å². The zero-order valence-corrected chi connectivity index (χ0v) is 6.78. The second-order valence-electron chi connectivity index (χ2n) is 2.84. The quantitative estimate of drug-likeness (QED) is 0.428. The Balaban J connectivity index is 2.99. The summed E-state index contributed by atoms with van der Waals surface area (Å²) >= 11 is 0. The molecule has 0 aliphatic heterocycles. The van der Waals surface area contributed by atoms with Crippen molar-refractivity contribution in [1.82, 2.24) is 0 Å². The van der Waals surface area contributed by atoms with Crippen LogP contribution in [0.2, 0.25) is 0 Å². The molecule has 0 saturated carbocycles. The number of alkyl halides is 6. The van der Waals surface area contributed by atoms with E-state index in [2.05, 4.69) is 0 Å². The van der Waals surface area contributed by atoms with Crippen LogP contribution in [0, 0.1) is 5.92 Å². The summed E-state index contributed by atoms with van der Waals surface area (Å²) in [5.41, 5.74) is -1.52. The molecule has 0 nitrogen and oxygen atoms in total. The fraction of sp³-hybridized carbons (Fsp3) is 0.500. The van der Waals surface area contributed by atoms with Crippen LogP contribution in [0.15, 0.2) is 23.8 Å². The number of hydrogen-bond acceptors (Lipinski definition) is 0. The van der Waals surface area contributed by atoms with E-state index in [4.69, 9.17) is 0 Å². The Morgan fingerprint density at radius 1 is 1.07 bits per heavy atom. The van der Waals surface area contributed by atoms with E-state index in [0.29, 0.717) is 12.2 Å². The molecule has 0 saturated heterocycles. The standard InChI is InChI=1S/C8H6F6/c9-7(10,11)5-3-1-2-4-6(5)8(12,13)14/h1,3-5H,2H2. The molecule has 0 aromatic rings. The molecule has 1 aliphatic carbocycles. The average molecular weight is 216 g/mol. The zero-order chi connectivity index (χ0) is 11.0. The first-order chi connectivity index (χ1) is 6.23. The molecule has 14 heavy (non-hydrogen) atoms. The molecule has 1 unspecified atom stereocenters. The van der Waals surface area contributed by atoms with E-state index in [1.807, 2.05) is 0 Å². The molecule has 6 heteroatoms. The average Bonchev–Trinajstić information content (AvgIpc) is 2.01. The Hall–Kier alpha value is -0.940. The third kappa shape index (κ3) is 2.30. The maximum atomic E-state index is 12.1. The van der Waals surface area contributed by atoms with Gasteiger partial charge >= 0.3 is 12.4 Å². The van der Waals surface area contributed by atoms with Gasteiger partial charge in [0.05, 0.1) is 0 Å². The molecule has 1 rings (SSSR count). The van der Waals surface area contributed by atoms with Crippen molar-refractivity contribution in [2.24, 2.45) is 5.92 Å². The third-order valence-electron chi connectivity index (χ3n) is 1.82. The molecular formula is C8H6F6. The van der Waals surface area contributed by atoms with Crippen LogP contribution in [-0.2, 0) is 0 Å². The Morgan fingerprint density at radius 2 is 1.64 bits per heavy atom. The second kappa shape index (κ2) is 3.33. The van der Waals surface area contributed by atoms with Gasteiger partial charge in [0, 0.05) is 5.57 Å². The van der Waals surface area contributed by atoms with Crippen molar-refractivity contribution in [2.45, 2.75) is 18.8 Å². The molecule has 0 N–H and O–H groups in total. The van der Waals surface area contributed by atoms with Gasteiger partial charge < -0.3 is 0 Å². The van der Waals surface area contributed by atoms with Gasteiger partial charge in [0.1, 0.15) is 5.92 Å². The van der Waals surface area contributed by atoms with Crippen LogP contribution in [0.5, 0.6) is 0 Å². The molecule has 1 aliphatic rings. The summed E-state index contributed by atoms with van der Waals surface area (Å²) in [5.74, 6) is -2.52. The maximum Gasteiger partial charge on any atom is 0.413 e. The Morgan fingerprint density at radius 3 is 2.00 bits per heavy atom. The van der Waals surface area contributed by atoms with Crippen LogP contribution in [-0.4, -0.2) is 12.4 Å².